The fraction of sp³-hybridized carbons (Fsp3) is 0.130. The lowest BCUT2D eigenvalue weighted by Crippen LogP contribution is -2.13. The molecule has 0 aliphatic heterocycles. The van der Waals surface area contributed by atoms with Crippen molar-refractivity contribution in [2.24, 2.45) is 0 Å². The van der Waals surface area contributed by atoms with Gasteiger partial charge in [-0.05, 0) is 55.3 Å². The van der Waals surface area contributed by atoms with Gasteiger partial charge in [-0.25, -0.2) is 4.98 Å². The van der Waals surface area contributed by atoms with Crippen molar-refractivity contribution in [1.29, 1.82) is 0 Å². The van der Waals surface area contributed by atoms with Crippen LogP contribution in [-0.2, 0) is 0 Å². The molecule has 0 aliphatic rings. The molecule has 144 valence electrons. The van der Waals surface area contributed by atoms with E-state index in [0.29, 0.717) is 11.4 Å². The first-order valence-electron chi connectivity index (χ1n) is 9.40. The number of benzene rings is 2. The second kappa shape index (κ2) is 8.06. The summed E-state index contributed by atoms with van der Waals surface area (Å²) in [6.45, 7) is 3.95. The summed E-state index contributed by atoms with van der Waals surface area (Å²) in [5.74, 6) is 0.524. The van der Waals surface area contributed by atoms with Crippen LogP contribution in [0.2, 0.25) is 0 Å². The predicted molar refractivity (Wildman–Crippen MR) is 115 cm³/mol. The molecule has 2 heterocycles. The number of carbonyl (C=O) groups excluding carboxylic acids is 1. The van der Waals surface area contributed by atoms with Gasteiger partial charge < -0.3 is 10.6 Å². The highest BCUT2D eigenvalue weighted by molar-refractivity contribution is 6.04. The monoisotopic (exact) mass is 383 g/mol. The van der Waals surface area contributed by atoms with Crippen molar-refractivity contribution < 1.29 is 4.79 Å². The molecule has 0 bridgehead atoms. The van der Waals surface area contributed by atoms with Crippen LogP contribution in [0.3, 0.4) is 0 Å². The Morgan fingerprint density at radius 2 is 1.79 bits per heavy atom. The number of aromatic nitrogens is 3. The Balaban J connectivity index is 1.49. The number of carbonyl (C=O) groups is 1. The largest absolute Gasteiger partial charge is 0.362 e. The van der Waals surface area contributed by atoms with Gasteiger partial charge >= 0.3 is 0 Å². The van der Waals surface area contributed by atoms with Gasteiger partial charge in [0.1, 0.15) is 5.82 Å². The molecule has 4 rings (SSSR count). The van der Waals surface area contributed by atoms with Crippen LogP contribution in [0.5, 0.6) is 0 Å². The molecule has 2 aromatic carbocycles. The number of nitrogens with zero attached hydrogens (tertiary/aromatic N) is 3. The van der Waals surface area contributed by atoms with Gasteiger partial charge in [-0.3, -0.25) is 14.8 Å². The quantitative estimate of drug-likeness (QED) is 0.519. The number of pyridine rings is 1. The van der Waals surface area contributed by atoms with Gasteiger partial charge in [-0.2, -0.15) is 0 Å². The fourth-order valence-corrected chi connectivity index (χ4v) is 3.10. The van der Waals surface area contributed by atoms with Crippen molar-refractivity contribution in [3.63, 3.8) is 0 Å². The van der Waals surface area contributed by atoms with Crippen LogP contribution in [0.4, 0.5) is 11.5 Å². The van der Waals surface area contributed by atoms with Crippen LogP contribution in [-0.4, -0.2) is 20.9 Å². The van der Waals surface area contributed by atoms with Crippen LogP contribution >= 0.6 is 0 Å². The maximum atomic E-state index is 12.5. The van der Waals surface area contributed by atoms with Crippen molar-refractivity contribution in [2.75, 3.05) is 10.6 Å². The van der Waals surface area contributed by atoms with E-state index in [-0.39, 0.29) is 11.9 Å². The Morgan fingerprint density at radius 1 is 0.966 bits per heavy atom. The fourth-order valence-electron chi connectivity index (χ4n) is 3.10. The molecule has 0 saturated carbocycles. The third kappa shape index (κ3) is 4.38. The van der Waals surface area contributed by atoms with Crippen LogP contribution in [0.15, 0.2) is 73.2 Å². The maximum absolute atomic E-state index is 12.5. The average Bonchev–Trinajstić information content (AvgIpc) is 2.74. The Labute approximate surface area is 169 Å². The lowest BCUT2D eigenvalue weighted by Gasteiger charge is -2.16. The number of hydrogen-bond donors (Lipinski definition) is 2. The van der Waals surface area contributed by atoms with Gasteiger partial charge in [0.25, 0.3) is 5.91 Å². The third-order valence-electron chi connectivity index (χ3n) is 4.59. The van der Waals surface area contributed by atoms with E-state index in [1.165, 1.54) is 0 Å². The molecule has 6 nitrogen and oxygen atoms in total. The van der Waals surface area contributed by atoms with E-state index in [1.54, 1.807) is 18.6 Å². The second-order valence-corrected chi connectivity index (χ2v) is 6.94. The van der Waals surface area contributed by atoms with E-state index in [2.05, 4.69) is 25.6 Å². The maximum Gasteiger partial charge on any atom is 0.257 e. The minimum absolute atomic E-state index is 0.0112. The lowest BCUT2D eigenvalue weighted by molar-refractivity contribution is 0.102. The smallest absolute Gasteiger partial charge is 0.257 e. The van der Waals surface area contributed by atoms with E-state index >= 15 is 0 Å². The molecule has 0 fully saturated rings. The minimum Gasteiger partial charge on any atom is -0.362 e. The summed E-state index contributed by atoms with van der Waals surface area (Å²) < 4.78 is 0. The Kier molecular flexibility index (Phi) is 5.16. The van der Waals surface area contributed by atoms with Crippen LogP contribution in [0.1, 0.15) is 34.5 Å². The number of amides is 1. The van der Waals surface area contributed by atoms with E-state index in [0.717, 1.165) is 27.8 Å². The summed E-state index contributed by atoms with van der Waals surface area (Å²) in [4.78, 5) is 25.6. The molecule has 0 aliphatic carbocycles. The molecule has 0 radical (unpaired) electrons. The average molecular weight is 383 g/mol. The molecule has 1 unspecified atom stereocenters. The van der Waals surface area contributed by atoms with Gasteiger partial charge in [0.15, 0.2) is 0 Å². The molecular weight excluding hydrogens is 362 g/mol. The zero-order chi connectivity index (χ0) is 20.2. The molecule has 2 N–H and O–H groups in total. The number of para-hydroxylation sites is 2. The zero-order valence-corrected chi connectivity index (χ0v) is 16.3. The molecule has 1 amide bonds. The zero-order valence-electron chi connectivity index (χ0n) is 16.3. The standard InChI is InChI=1S/C23H21N5O/c1-15-10-18(13-24-12-15)23(29)27-19-7-5-6-17(11-19)16(2)26-22-14-25-20-8-3-4-9-21(20)28-22/h3-14,16H,1-2H3,(H,26,28)(H,27,29). The first-order valence-corrected chi connectivity index (χ1v) is 9.40. The summed E-state index contributed by atoms with van der Waals surface area (Å²) in [5, 5.41) is 6.31. The highest BCUT2D eigenvalue weighted by atomic mass is 16.1. The summed E-state index contributed by atoms with van der Waals surface area (Å²) >= 11 is 0. The van der Waals surface area contributed by atoms with E-state index in [1.807, 2.05) is 68.4 Å². The summed E-state index contributed by atoms with van der Waals surface area (Å²) in [6, 6.07) is 17.3. The first-order chi connectivity index (χ1) is 14.1. The number of rotatable bonds is 5. The molecule has 0 saturated heterocycles. The van der Waals surface area contributed by atoms with Gasteiger partial charge in [0, 0.05) is 18.1 Å². The molecular formula is C23H21N5O. The highest BCUT2D eigenvalue weighted by Crippen LogP contribution is 2.22. The topological polar surface area (TPSA) is 79.8 Å². The van der Waals surface area contributed by atoms with Crippen LogP contribution < -0.4 is 10.6 Å². The SMILES string of the molecule is Cc1cncc(C(=O)Nc2cccc(C(C)Nc3cnc4ccccc4n3)c2)c1. The number of nitrogens with one attached hydrogen (secondary N) is 2. The van der Waals surface area contributed by atoms with Crippen molar-refractivity contribution in [1.82, 2.24) is 15.0 Å². The molecule has 0 spiro atoms. The number of anilines is 2. The van der Waals surface area contributed by atoms with Gasteiger partial charge in [0.05, 0.1) is 28.8 Å². The lowest BCUT2D eigenvalue weighted by atomic mass is 10.1. The Morgan fingerprint density at radius 3 is 2.62 bits per heavy atom. The summed E-state index contributed by atoms with van der Waals surface area (Å²) in [5.41, 5.74) is 4.94. The minimum atomic E-state index is -0.181. The summed E-state index contributed by atoms with van der Waals surface area (Å²) in [6.07, 6.45) is 5.02. The van der Waals surface area contributed by atoms with E-state index in [4.69, 9.17) is 0 Å². The van der Waals surface area contributed by atoms with Crippen molar-refractivity contribution >= 4 is 28.4 Å². The second-order valence-electron chi connectivity index (χ2n) is 6.94. The van der Waals surface area contributed by atoms with Crippen LogP contribution in [0, 0.1) is 6.92 Å². The number of aryl methyl sites for hydroxylation is 1. The van der Waals surface area contributed by atoms with E-state index in [9.17, 15) is 4.79 Å². The highest BCUT2D eigenvalue weighted by Gasteiger charge is 2.11. The third-order valence-corrected chi connectivity index (χ3v) is 4.59. The first kappa shape index (κ1) is 18.6. The number of hydrogen-bond acceptors (Lipinski definition) is 5. The van der Waals surface area contributed by atoms with E-state index < -0.39 is 0 Å². The molecule has 1 atom stereocenters. The molecule has 6 heteroatoms. The van der Waals surface area contributed by atoms with Crippen molar-refractivity contribution in [3.05, 3.63) is 89.9 Å². The van der Waals surface area contributed by atoms with Gasteiger partial charge in [-0.1, -0.05) is 24.3 Å². The van der Waals surface area contributed by atoms with Crippen LogP contribution in [0.25, 0.3) is 11.0 Å². The predicted octanol–water partition coefficient (Wildman–Crippen LogP) is 4.76. The molecule has 4 aromatic rings. The normalized spacial score (nSPS) is 11.8. The van der Waals surface area contributed by atoms with Crippen molar-refractivity contribution in [2.45, 2.75) is 19.9 Å². The molecule has 29 heavy (non-hydrogen) atoms. The molecule has 2 aromatic heterocycles. The number of fused-ring (bicyclic) bond motifs is 1. The van der Waals surface area contributed by atoms with Gasteiger partial charge in [-0.15, -0.1) is 0 Å². The van der Waals surface area contributed by atoms with Gasteiger partial charge in [0.2, 0.25) is 0 Å². The Bertz CT molecular complexity index is 1170. The van der Waals surface area contributed by atoms with Crippen molar-refractivity contribution in [3.8, 4) is 0 Å². The summed E-state index contributed by atoms with van der Waals surface area (Å²) in [7, 11) is 0. The Hall–Kier alpha value is -3.80.